The van der Waals surface area contributed by atoms with Gasteiger partial charge in [0.25, 0.3) is 5.56 Å². The molecule has 1 aliphatic carbocycles. The molecule has 0 bridgehead atoms. The minimum atomic E-state index is -0.169. The van der Waals surface area contributed by atoms with Crippen molar-refractivity contribution in [1.82, 2.24) is 9.13 Å². The number of rotatable bonds is 5. The van der Waals surface area contributed by atoms with Crippen LogP contribution in [-0.2, 0) is 13.1 Å². The summed E-state index contributed by atoms with van der Waals surface area (Å²) in [6.45, 7) is 3.28. The average molecular weight is 222 g/mol. The monoisotopic (exact) mass is 222 g/mol. The minimum Gasteiger partial charge on any atom is -0.300 e. The van der Waals surface area contributed by atoms with Crippen molar-refractivity contribution in [3.05, 3.63) is 33.1 Å². The van der Waals surface area contributed by atoms with Crippen molar-refractivity contribution in [1.29, 1.82) is 0 Å². The largest absolute Gasteiger partial charge is 0.330 e. The topological polar surface area (TPSA) is 44.0 Å². The van der Waals surface area contributed by atoms with E-state index in [1.165, 1.54) is 23.5 Å². The lowest BCUT2D eigenvalue weighted by Gasteiger charge is -2.08. The maximum absolute atomic E-state index is 11.9. The fourth-order valence-corrected chi connectivity index (χ4v) is 1.89. The zero-order valence-corrected chi connectivity index (χ0v) is 9.69. The minimum absolute atomic E-state index is 0.157. The van der Waals surface area contributed by atoms with Crippen molar-refractivity contribution in [3.8, 4) is 0 Å². The summed E-state index contributed by atoms with van der Waals surface area (Å²) >= 11 is 0. The summed E-state index contributed by atoms with van der Waals surface area (Å²) in [6.07, 6.45) is 5.98. The predicted molar refractivity (Wildman–Crippen MR) is 62.6 cm³/mol. The van der Waals surface area contributed by atoms with Gasteiger partial charge in [0.1, 0.15) is 0 Å². The van der Waals surface area contributed by atoms with Crippen molar-refractivity contribution < 1.29 is 0 Å². The van der Waals surface area contributed by atoms with Gasteiger partial charge in [-0.3, -0.25) is 9.36 Å². The lowest BCUT2D eigenvalue weighted by atomic mass is 10.3. The highest BCUT2D eigenvalue weighted by molar-refractivity contribution is 4.87. The second-order valence-electron chi connectivity index (χ2n) is 4.51. The maximum atomic E-state index is 11.9. The lowest BCUT2D eigenvalue weighted by molar-refractivity contribution is 0.513. The quantitative estimate of drug-likeness (QED) is 0.752. The fraction of sp³-hybridized carbons (Fsp3) is 0.667. The third kappa shape index (κ3) is 2.43. The van der Waals surface area contributed by atoms with Crippen molar-refractivity contribution >= 4 is 0 Å². The molecule has 16 heavy (non-hydrogen) atoms. The summed E-state index contributed by atoms with van der Waals surface area (Å²) in [5.41, 5.74) is -0.326. The van der Waals surface area contributed by atoms with Gasteiger partial charge in [0, 0.05) is 25.4 Å². The van der Waals surface area contributed by atoms with Gasteiger partial charge in [-0.1, -0.05) is 19.8 Å². The van der Waals surface area contributed by atoms with E-state index in [0.717, 1.165) is 18.8 Å². The van der Waals surface area contributed by atoms with E-state index in [-0.39, 0.29) is 11.2 Å². The second-order valence-corrected chi connectivity index (χ2v) is 4.51. The summed E-state index contributed by atoms with van der Waals surface area (Å²) < 4.78 is 2.99. The Morgan fingerprint density at radius 3 is 2.69 bits per heavy atom. The van der Waals surface area contributed by atoms with Crippen molar-refractivity contribution in [2.24, 2.45) is 5.92 Å². The highest BCUT2D eigenvalue weighted by Gasteiger charge is 2.21. The molecule has 1 aromatic rings. The highest BCUT2D eigenvalue weighted by atomic mass is 16.2. The van der Waals surface area contributed by atoms with Crippen molar-refractivity contribution in [2.45, 2.75) is 45.7 Å². The first-order valence-corrected chi connectivity index (χ1v) is 6.02. The molecule has 1 fully saturated rings. The molecular weight excluding hydrogens is 204 g/mol. The molecule has 0 radical (unpaired) electrons. The summed E-state index contributed by atoms with van der Waals surface area (Å²) in [4.78, 5) is 23.5. The summed E-state index contributed by atoms with van der Waals surface area (Å²) in [6, 6.07) is 1.49. The average Bonchev–Trinajstić information content (AvgIpc) is 3.06. The highest BCUT2D eigenvalue weighted by Crippen LogP contribution is 2.32. The Morgan fingerprint density at radius 1 is 1.31 bits per heavy atom. The maximum Gasteiger partial charge on any atom is 0.330 e. The predicted octanol–water partition coefficient (Wildman–Crippen LogP) is 1.22. The third-order valence-electron chi connectivity index (χ3n) is 3.06. The van der Waals surface area contributed by atoms with E-state index in [1.54, 1.807) is 10.8 Å². The van der Waals surface area contributed by atoms with E-state index >= 15 is 0 Å². The van der Waals surface area contributed by atoms with Crippen LogP contribution in [0.4, 0.5) is 0 Å². The normalized spacial score (nSPS) is 15.3. The molecule has 4 nitrogen and oxygen atoms in total. The van der Waals surface area contributed by atoms with Gasteiger partial charge in [0.2, 0.25) is 0 Å². The molecule has 4 heteroatoms. The summed E-state index contributed by atoms with van der Waals surface area (Å²) in [5.74, 6) is 0.742. The van der Waals surface area contributed by atoms with Crippen LogP contribution in [0.15, 0.2) is 21.9 Å². The van der Waals surface area contributed by atoms with E-state index in [4.69, 9.17) is 0 Å². The Labute approximate surface area is 94.5 Å². The molecule has 2 rings (SSSR count). The van der Waals surface area contributed by atoms with Crippen LogP contribution in [0.3, 0.4) is 0 Å². The van der Waals surface area contributed by atoms with Crippen LogP contribution in [0.2, 0.25) is 0 Å². The standard InChI is InChI=1S/C12H18N2O2/c1-2-7-13-8-6-11(15)14(12(13)16)9-5-10-3-4-10/h6,8,10H,2-5,7,9H2,1H3. The molecule has 0 aromatic carbocycles. The summed E-state index contributed by atoms with van der Waals surface area (Å²) in [7, 11) is 0. The number of nitrogens with zero attached hydrogens (tertiary/aromatic N) is 2. The number of aryl methyl sites for hydroxylation is 1. The Hall–Kier alpha value is -1.32. The Kier molecular flexibility index (Phi) is 3.27. The molecule has 0 spiro atoms. The first-order chi connectivity index (χ1) is 7.72. The Balaban J connectivity index is 2.22. The smallest absolute Gasteiger partial charge is 0.300 e. The molecule has 0 atom stereocenters. The third-order valence-corrected chi connectivity index (χ3v) is 3.06. The van der Waals surface area contributed by atoms with Gasteiger partial charge in [0.05, 0.1) is 0 Å². The number of hydrogen-bond acceptors (Lipinski definition) is 2. The Bertz CT molecular complexity index is 469. The van der Waals surface area contributed by atoms with Crippen LogP contribution < -0.4 is 11.2 Å². The molecule has 0 unspecified atom stereocenters. The first-order valence-electron chi connectivity index (χ1n) is 6.02. The van der Waals surface area contributed by atoms with Gasteiger partial charge in [-0.15, -0.1) is 0 Å². The first kappa shape index (κ1) is 11.2. The Morgan fingerprint density at radius 2 is 2.06 bits per heavy atom. The van der Waals surface area contributed by atoms with Crippen LogP contribution in [0.1, 0.15) is 32.6 Å². The van der Waals surface area contributed by atoms with E-state index in [0.29, 0.717) is 13.1 Å². The zero-order chi connectivity index (χ0) is 11.5. The zero-order valence-electron chi connectivity index (χ0n) is 9.69. The van der Waals surface area contributed by atoms with Gasteiger partial charge in [-0.25, -0.2) is 4.79 Å². The van der Waals surface area contributed by atoms with Crippen LogP contribution in [0.25, 0.3) is 0 Å². The van der Waals surface area contributed by atoms with Crippen molar-refractivity contribution in [2.75, 3.05) is 0 Å². The molecule has 88 valence electrons. The lowest BCUT2D eigenvalue weighted by Crippen LogP contribution is -2.39. The van der Waals surface area contributed by atoms with Gasteiger partial charge >= 0.3 is 5.69 Å². The molecule has 1 aromatic heterocycles. The van der Waals surface area contributed by atoms with E-state index in [1.807, 2.05) is 6.92 Å². The van der Waals surface area contributed by atoms with E-state index in [9.17, 15) is 9.59 Å². The molecule has 1 aliphatic rings. The second kappa shape index (κ2) is 4.68. The van der Waals surface area contributed by atoms with Gasteiger partial charge < -0.3 is 4.57 Å². The number of aromatic nitrogens is 2. The molecular formula is C12H18N2O2. The molecule has 1 saturated carbocycles. The fourth-order valence-electron chi connectivity index (χ4n) is 1.89. The number of hydrogen-bond donors (Lipinski definition) is 0. The summed E-state index contributed by atoms with van der Waals surface area (Å²) in [5, 5.41) is 0. The van der Waals surface area contributed by atoms with E-state index in [2.05, 4.69) is 0 Å². The molecule has 0 saturated heterocycles. The van der Waals surface area contributed by atoms with Crippen molar-refractivity contribution in [3.63, 3.8) is 0 Å². The molecule has 0 aliphatic heterocycles. The molecule has 0 N–H and O–H groups in total. The molecule has 1 heterocycles. The van der Waals surface area contributed by atoms with Gasteiger partial charge in [-0.2, -0.15) is 0 Å². The van der Waals surface area contributed by atoms with E-state index < -0.39 is 0 Å². The van der Waals surface area contributed by atoms with Gasteiger partial charge in [-0.05, 0) is 18.8 Å². The SMILES string of the molecule is CCCn1ccc(=O)n(CCC2CC2)c1=O. The van der Waals surface area contributed by atoms with Crippen LogP contribution in [0.5, 0.6) is 0 Å². The van der Waals surface area contributed by atoms with Crippen LogP contribution >= 0.6 is 0 Å². The van der Waals surface area contributed by atoms with Crippen LogP contribution in [0, 0.1) is 5.92 Å². The van der Waals surface area contributed by atoms with Gasteiger partial charge in [0.15, 0.2) is 0 Å². The molecule has 0 amide bonds. The van der Waals surface area contributed by atoms with Crippen LogP contribution in [-0.4, -0.2) is 9.13 Å².